The maximum Gasteiger partial charge on any atom is 0.145 e. The van der Waals surface area contributed by atoms with Gasteiger partial charge < -0.3 is 13.9 Å². The summed E-state index contributed by atoms with van der Waals surface area (Å²) in [6.45, 7) is 2.28. The molecular formula is C61H42N2O. The van der Waals surface area contributed by atoms with Crippen molar-refractivity contribution in [2.24, 2.45) is 0 Å². The van der Waals surface area contributed by atoms with Crippen molar-refractivity contribution in [2.75, 3.05) is 4.90 Å². The Balaban J connectivity index is 1.15. The molecule has 12 rings (SSSR count). The molecule has 64 heavy (non-hydrogen) atoms. The summed E-state index contributed by atoms with van der Waals surface area (Å²) in [6, 6.07) is 85.1. The number of benzene rings is 10. The van der Waals surface area contributed by atoms with Crippen LogP contribution in [-0.4, -0.2) is 4.57 Å². The predicted molar refractivity (Wildman–Crippen MR) is 269 cm³/mol. The maximum atomic E-state index is 7.02. The molecule has 0 fully saturated rings. The number of anilines is 3. The number of hydrogen-bond acceptors (Lipinski definition) is 2. The van der Waals surface area contributed by atoms with Crippen molar-refractivity contribution in [1.29, 1.82) is 0 Å². The molecule has 3 heteroatoms. The van der Waals surface area contributed by atoms with E-state index in [-0.39, 0.29) is 0 Å². The molecule has 0 radical (unpaired) electrons. The molecule has 0 aliphatic carbocycles. The second-order valence-corrected chi connectivity index (χ2v) is 16.5. The summed E-state index contributed by atoms with van der Waals surface area (Å²) in [6.07, 6.45) is 0. The van der Waals surface area contributed by atoms with Crippen LogP contribution in [-0.2, 0) is 0 Å². The van der Waals surface area contributed by atoms with Crippen LogP contribution in [0.5, 0.6) is 0 Å². The first kappa shape index (κ1) is 37.4. The third kappa shape index (κ3) is 6.20. The zero-order valence-corrected chi connectivity index (χ0v) is 35.3. The van der Waals surface area contributed by atoms with Gasteiger partial charge in [-0.3, -0.25) is 0 Å². The van der Waals surface area contributed by atoms with Gasteiger partial charge in [0.25, 0.3) is 0 Å². The molecule has 12 aromatic rings. The van der Waals surface area contributed by atoms with E-state index in [0.29, 0.717) is 0 Å². The first-order valence-electron chi connectivity index (χ1n) is 21.9. The van der Waals surface area contributed by atoms with E-state index in [0.717, 1.165) is 61.4 Å². The largest absolute Gasteiger partial charge is 0.455 e. The highest BCUT2D eigenvalue weighted by atomic mass is 16.3. The van der Waals surface area contributed by atoms with Crippen LogP contribution in [0, 0.1) is 6.92 Å². The smallest absolute Gasteiger partial charge is 0.145 e. The monoisotopic (exact) mass is 818 g/mol. The molecule has 3 nitrogen and oxygen atoms in total. The van der Waals surface area contributed by atoms with E-state index in [2.05, 4.69) is 253 Å². The summed E-state index contributed by atoms with van der Waals surface area (Å²) < 4.78 is 9.41. The molecule has 0 atom stereocenters. The van der Waals surface area contributed by atoms with Gasteiger partial charge in [0.15, 0.2) is 0 Å². The first-order chi connectivity index (χ1) is 31.7. The molecule has 0 amide bonds. The fraction of sp³-hybridized carbons (Fsp3) is 0.0164. The zero-order chi connectivity index (χ0) is 42.6. The van der Waals surface area contributed by atoms with E-state index in [1.807, 2.05) is 0 Å². The molecule has 2 aromatic heterocycles. The van der Waals surface area contributed by atoms with Crippen LogP contribution in [0.2, 0.25) is 0 Å². The number of hydrogen-bond donors (Lipinski definition) is 0. The molecule has 0 saturated heterocycles. The van der Waals surface area contributed by atoms with Crippen molar-refractivity contribution in [3.05, 3.63) is 242 Å². The van der Waals surface area contributed by atoms with Gasteiger partial charge in [0.05, 0.1) is 16.7 Å². The summed E-state index contributed by atoms with van der Waals surface area (Å²) in [7, 11) is 0. The van der Waals surface area contributed by atoms with Crippen molar-refractivity contribution in [1.82, 2.24) is 4.57 Å². The predicted octanol–water partition coefficient (Wildman–Crippen LogP) is 17.1. The van der Waals surface area contributed by atoms with Crippen LogP contribution in [0.4, 0.5) is 17.1 Å². The van der Waals surface area contributed by atoms with Crippen LogP contribution in [0.1, 0.15) is 5.56 Å². The Bertz CT molecular complexity index is 3610. The summed E-state index contributed by atoms with van der Waals surface area (Å²) in [4.78, 5) is 2.44. The van der Waals surface area contributed by atoms with Gasteiger partial charge in [-0.25, -0.2) is 0 Å². The lowest BCUT2D eigenvalue weighted by Crippen LogP contribution is -2.13. The van der Waals surface area contributed by atoms with Crippen LogP contribution in [0.15, 0.2) is 241 Å². The number of furan rings is 1. The lowest BCUT2D eigenvalue weighted by molar-refractivity contribution is 0.670. The number of aromatic nitrogens is 1. The lowest BCUT2D eigenvalue weighted by atomic mass is 9.89. The van der Waals surface area contributed by atoms with Crippen molar-refractivity contribution in [3.8, 4) is 50.2 Å². The van der Waals surface area contributed by atoms with E-state index < -0.39 is 0 Å². The van der Waals surface area contributed by atoms with Gasteiger partial charge in [-0.1, -0.05) is 176 Å². The second-order valence-electron chi connectivity index (χ2n) is 16.5. The number of rotatable bonds is 8. The second kappa shape index (κ2) is 15.5. The standard InChI is InChI=1S/C61H42N2O/c1-41-54(38-36-49(44-20-7-3-8-21-44)59(41)45-22-9-4-10-23-45)62(47-34-32-43(33-35-47)42-18-5-2-6-19-42)57-39-37-53-52-28-13-16-31-58(52)64-61(53)60(57)46-24-17-25-48(40-46)63-55-29-14-11-26-50(55)51-27-12-15-30-56(51)63/h2-40H,1H3. The molecule has 2 heterocycles. The van der Waals surface area contributed by atoms with Crippen LogP contribution < -0.4 is 4.90 Å². The van der Waals surface area contributed by atoms with E-state index in [1.165, 1.54) is 55.2 Å². The number of fused-ring (bicyclic) bond motifs is 6. The molecule has 302 valence electrons. The van der Waals surface area contributed by atoms with E-state index in [1.54, 1.807) is 0 Å². The van der Waals surface area contributed by atoms with Gasteiger partial charge in [0.2, 0.25) is 0 Å². The Kier molecular flexibility index (Phi) is 9.05. The van der Waals surface area contributed by atoms with Gasteiger partial charge in [-0.05, 0) is 112 Å². The molecule has 0 unspecified atom stereocenters. The molecule has 10 aromatic carbocycles. The van der Waals surface area contributed by atoms with Gasteiger partial charge in [-0.15, -0.1) is 0 Å². The fourth-order valence-corrected chi connectivity index (χ4v) is 9.86. The van der Waals surface area contributed by atoms with Crippen molar-refractivity contribution >= 4 is 60.8 Å². The average Bonchev–Trinajstić information content (AvgIpc) is 3.91. The summed E-state index contributed by atoms with van der Waals surface area (Å²) in [5.74, 6) is 0. The molecule has 0 spiro atoms. The van der Waals surface area contributed by atoms with E-state index in [9.17, 15) is 0 Å². The molecule has 0 bridgehead atoms. The highest BCUT2D eigenvalue weighted by Gasteiger charge is 2.26. The topological polar surface area (TPSA) is 21.3 Å². The van der Waals surface area contributed by atoms with Crippen molar-refractivity contribution in [2.45, 2.75) is 6.92 Å². The normalized spacial score (nSPS) is 11.5. The van der Waals surface area contributed by atoms with Gasteiger partial charge >= 0.3 is 0 Å². The quantitative estimate of drug-likeness (QED) is 0.152. The third-order valence-electron chi connectivity index (χ3n) is 12.8. The van der Waals surface area contributed by atoms with Crippen LogP contribution >= 0.6 is 0 Å². The van der Waals surface area contributed by atoms with Gasteiger partial charge in [0.1, 0.15) is 11.2 Å². The highest BCUT2D eigenvalue weighted by Crippen LogP contribution is 2.50. The van der Waals surface area contributed by atoms with E-state index >= 15 is 0 Å². The molecule has 0 aliphatic rings. The molecule has 0 saturated carbocycles. The minimum absolute atomic E-state index is 0.853. The first-order valence-corrected chi connectivity index (χ1v) is 21.9. The summed E-state index contributed by atoms with van der Waals surface area (Å²) in [5.41, 5.74) is 18.7. The minimum Gasteiger partial charge on any atom is -0.455 e. The Hall–Kier alpha value is -8.40. The van der Waals surface area contributed by atoms with Gasteiger partial charge in [0, 0.05) is 44.2 Å². The molecular weight excluding hydrogens is 777 g/mol. The summed E-state index contributed by atoms with van der Waals surface area (Å²) >= 11 is 0. The van der Waals surface area contributed by atoms with Crippen LogP contribution in [0.25, 0.3) is 93.9 Å². The third-order valence-corrected chi connectivity index (χ3v) is 12.8. The maximum absolute atomic E-state index is 7.02. The molecule has 0 aliphatic heterocycles. The van der Waals surface area contributed by atoms with Crippen LogP contribution in [0.3, 0.4) is 0 Å². The minimum atomic E-state index is 0.853. The number of nitrogens with zero attached hydrogens (tertiary/aromatic N) is 2. The Morgan fingerprint density at radius 3 is 1.61 bits per heavy atom. The Labute approximate surface area is 372 Å². The zero-order valence-electron chi connectivity index (χ0n) is 35.3. The Morgan fingerprint density at radius 2 is 0.922 bits per heavy atom. The Morgan fingerprint density at radius 1 is 0.375 bits per heavy atom. The van der Waals surface area contributed by atoms with Gasteiger partial charge in [-0.2, -0.15) is 0 Å². The SMILES string of the molecule is Cc1c(N(c2ccc(-c3ccccc3)cc2)c2ccc3c(oc4ccccc43)c2-c2cccc(-n3c4ccccc4c4ccccc43)c2)ccc(-c2ccccc2)c1-c1ccccc1. The molecule has 0 N–H and O–H groups in total. The van der Waals surface area contributed by atoms with Crippen molar-refractivity contribution < 1.29 is 4.42 Å². The average molecular weight is 819 g/mol. The fourth-order valence-electron chi connectivity index (χ4n) is 9.86. The highest BCUT2D eigenvalue weighted by molar-refractivity contribution is 6.14. The van der Waals surface area contributed by atoms with E-state index in [4.69, 9.17) is 4.42 Å². The lowest BCUT2D eigenvalue weighted by Gasteiger charge is -2.31. The summed E-state index contributed by atoms with van der Waals surface area (Å²) in [5, 5.41) is 4.64. The number of para-hydroxylation sites is 3. The van der Waals surface area contributed by atoms with Crippen molar-refractivity contribution in [3.63, 3.8) is 0 Å².